The normalized spacial score (nSPS) is 13.0. The van der Waals surface area contributed by atoms with Crippen molar-refractivity contribution in [2.45, 2.75) is 46.0 Å². The van der Waals surface area contributed by atoms with E-state index in [0.717, 1.165) is 11.4 Å². The van der Waals surface area contributed by atoms with E-state index in [-0.39, 0.29) is 17.9 Å². The van der Waals surface area contributed by atoms with E-state index in [0.29, 0.717) is 12.1 Å². The number of aliphatic carboxylic acids is 1. The number of carbonyl (C=O) groups is 2. The van der Waals surface area contributed by atoms with Crippen molar-refractivity contribution in [2.75, 3.05) is 6.54 Å². The Bertz CT molecular complexity index is 477. The molecule has 0 aromatic carbocycles. The number of carboxylic acid groups (broad SMARTS) is 1. The lowest BCUT2D eigenvalue weighted by Crippen LogP contribution is -2.33. The fourth-order valence-electron chi connectivity index (χ4n) is 1.69. The van der Waals surface area contributed by atoms with Crippen LogP contribution in [0, 0.1) is 5.92 Å². The molecule has 0 bridgehead atoms. The Kier molecular flexibility index (Phi) is 5.68. The molecule has 1 aromatic heterocycles. The zero-order valence-corrected chi connectivity index (χ0v) is 13.2. The zero-order chi connectivity index (χ0) is 15.3. The molecule has 1 rings (SSSR count). The minimum absolute atomic E-state index is 0.0883. The number of hydrogen-bond acceptors (Lipinski definition) is 4. The summed E-state index contributed by atoms with van der Waals surface area (Å²) in [5.41, 5.74) is 0.273. The number of rotatable bonds is 6. The number of thiazole rings is 1. The molecule has 112 valence electrons. The molecule has 2 N–H and O–H groups in total. The van der Waals surface area contributed by atoms with Crippen molar-refractivity contribution in [3.63, 3.8) is 0 Å². The van der Waals surface area contributed by atoms with Gasteiger partial charge in [-0.3, -0.25) is 9.59 Å². The Morgan fingerprint density at radius 2 is 2.10 bits per heavy atom. The summed E-state index contributed by atoms with van der Waals surface area (Å²) in [6.07, 6.45) is 1.33. The van der Waals surface area contributed by atoms with Gasteiger partial charge in [0, 0.05) is 17.3 Å². The predicted octanol–water partition coefficient (Wildman–Crippen LogP) is 2.67. The standard InChI is InChI=1S/C14H22N2O3S/c1-5-6-9(12(18)19)7-15-11(17)10-8-20-13(16-10)14(2,3)4/h8-9H,5-7H2,1-4H3,(H,15,17)(H,18,19). The molecule has 20 heavy (non-hydrogen) atoms. The van der Waals surface area contributed by atoms with Gasteiger partial charge in [-0.15, -0.1) is 11.3 Å². The van der Waals surface area contributed by atoms with E-state index in [1.54, 1.807) is 5.38 Å². The van der Waals surface area contributed by atoms with Gasteiger partial charge in [0.2, 0.25) is 0 Å². The van der Waals surface area contributed by atoms with Gasteiger partial charge in [-0.2, -0.15) is 0 Å². The maximum Gasteiger partial charge on any atom is 0.308 e. The van der Waals surface area contributed by atoms with Crippen LogP contribution in [0.2, 0.25) is 0 Å². The summed E-state index contributed by atoms with van der Waals surface area (Å²) >= 11 is 1.45. The average molecular weight is 298 g/mol. The molecule has 0 saturated heterocycles. The van der Waals surface area contributed by atoms with E-state index < -0.39 is 11.9 Å². The van der Waals surface area contributed by atoms with Crippen LogP contribution in [0.1, 0.15) is 56.0 Å². The van der Waals surface area contributed by atoms with Crippen LogP contribution >= 0.6 is 11.3 Å². The van der Waals surface area contributed by atoms with Crippen LogP contribution in [0.15, 0.2) is 5.38 Å². The first-order chi connectivity index (χ1) is 9.25. The molecule has 1 atom stereocenters. The highest BCUT2D eigenvalue weighted by Gasteiger charge is 2.22. The number of carboxylic acids is 1. The predicted molar refractivity (Wildman–Crippen MR) is 79.2 cm³/mol. The van der Waals surface area contributed by atoms with E-state index in [2.05, 4.69) is 10.3 Å². The summed E-state index contributed by atoms with van der Waals surface area (Å²) in [5, 5.41) is 14.3. The summed E-state index contributed by atoms with van der Waals surface area (Å²) in [4.78, 5) is 27.3. The Labute approximate surface area is 123 Å². The van der Waals surface area contributed by atoms with Crippen LogP contribution in [0.25, 0.3) is 0 Å². The Hall–Kier alpha value is -1.43. The monoisotopic (exact) mass is 298 g/mol. The van der Waals surface area contributed by atoms with E-state index in [1.165, 1.54) is 11.3 Å². The lowest BCUT2D eigenvalue weighted by Gasteiger charge is -2.13. The molecule has 0 saturated carbocycles. The Morgan fingerprint density at radius 3 is 2.55 bits per heavy atom. The van der Waals surface area contributed by atoms with Crippen LogP contribution < -0.4 is 5.32 Å². The summed E-state index contributed by atoms with van der Waals surface area (Å²) in [7, 11) is 0. The highest BCUT2D eigenvalue weighted by molar-refractivity contribution is 7.10. The van der Waals surface area contributed by atoms with Crippen LogP contribution in [-0.4, -0.2) is 28.5 Å². The smallest absolute Gasteiger partial charge is 0.308 e. The SMILES string of the molecule is CCCC(CNC(=O)c1csc(C(C)(C)C)n1)C(=O)O. The van der Waals surface area contributed by atoms with E-state index in [1.807, 2.05) is 27.7 Å². The van der Waals surface area contributed by atoms with Crippen molar-refractivity contribution in [1.29, 1.82) is 0 Å². The second-order valence-corrected chi connectivity index (χ2v) is 6.68. The number of nitrogens with zero attached hydrogens (tertiary/aromatic N) is 1. The minimum Gasteiger partial charge on any atom is -0.481 e. The minimum atomic E-state index is -0.874. The molecule has 1 aromatic rings. The molecule has 0 aliphatic heterocycles. The molecular weight excluding hydrogens is 276 g/mol. The quantitative estimate of drug-likeness (QED) is 0.846. The van der Waals surface area contributed by atoms with Crippen LogP contribution in [0.4, 0.5) is 0 Å². The average Bonchev–Trinajstić information content (AvgIpc) is 2.83. The molecule has 6 heteroatoms. The third kappa shape index (κ3) is 4.59. The van der Waals surface area contributed by atoms with E-state index in [4.69, 9.17) is 5.11 Å². The molecule has 0 spiro atoms. The fraction of sp³-hybridized carbons (Fsp3) is 0.643. The van der Waals surface area contributed by atoms with Gasteiger partial charge < -0.3 is 10.4 Å². The molecule has 0 fully saturated rings. The largest absolute Gasteiger partial charge is 0.481 e. The summed E-state index contributed by atoms with van der Waals surface area (Å²) in [6, 6.07) is 0. The summed E-state index contributed by atoms with van der Waals surface area (Å²) < 4.78 is 0. The van der Waals surface area contributed by atoms with Crippen molar-refractivity contribution in [3.8, 4) is 0 Å². The highest BCUT2D eigenvalue weighted by atomic mass is 32.1. The van der Waals surface area contributed by atoms with Gasteiger partial charge in [0.15, 0.2) is 0 Å². The maximum absolute atomic E-state index is 12.0. The number of carbonyl (C=O) groups excluding carboxylic acids is 1. The van der Waals surface area contributed by atoms with Gasteiger partial charge in [-0.1, -0.05) is 34.1 Å². The maximum atomic E-state index is 12.0. The fourth-order valence-corrected chi connectivity index (χ4v) is 2.58. The first-order valence-electron chi connectivity index (χ1n) is 6.72. The van der Waals surface area contributed by atoms with Gasteiger partial charge in [0.1, 0.15) is 5.69 Å². The van der Waals surface area contributed by atoms with Gasteiger partial charge in [-0.05, 0) is 6.42 Å². The second kappa shape index (κ2) is 6.83. The lowest BCUT2D eigenvalue weighted by atomic mass is 9.98. The summed E-state index contributed by atoms with van der Waals surface area (Å²) in [6.45, 7) is 8.18. The summed E-state index contributed by atoms with van der Waals surface area (Å²) in [5.74, 6) is -1.72. The number of amides is 1. The van der Waals surface area contributed by atoms with E-state index in [9.17, 15) is 9.59 Å². The molecule has 1 heterocycles. The van der Waals surface area contributed by atoms with Gasteiger partial charge in [-0.25, -0.2) is 4.98 Å². The molecule has 0 aliphatic rings. The van der Waals surface area contributed by atoms with Gasteiger partial charge in [0.05, 0.1) is 10.9 Å². The topological polar surface area (TPSA) is 79.3 Å². The first kappa shape index (κ1) is 16.6. The van der Waals surface area contributed by atoms with Crippen molar-refractivity contribution < 1.29 is 14.7 Å². The second-order valence-electron chi connectivity index (χ2n) is 5.82. The molecule has 1 unspecified atom stereocenters. The number of nitrogens with one attached hydrogen (secondary N) is 1. The highest BCUT2D eigenvalue weighted by Crippen LogP contribution is 2.25. The molecule has 0 radical (unpaired) electrons. The molecule has 5 nitrogen and oxygen atoms in total. The molecule has 0 aliphatic carbocycles. The first-order valence-corrected chi connectivity index (χ1v) is 7.60. The van der Waals surface area contributed by atoms with Crippen molar-refractivity contribution in [3.05, 3.63) is 16.1 Å². The van der Waals surface area contributed by atoms with E-state index >= 15 is 0 Å². The van der Waals surface area contributed by atoms with Crippen molar-refractivity contribution in [2.24, 2.45) is 5.92 Å². The number of hydrogen-bond donors (Lipinski definition) is 2. The third-order valence-electron chi connectivity index (χ3n) is 2.87. The van der Waals surface area contributed by atoms with Crippen LogP contribution in [0.3, 0.4) is 0 Å². The molecular formula is C14H22N2O3S. The lowest BCUT2D eigenvalue weighted by molar-refractivity contribution is -0.141. The Balaban J connectivity index is 2.63. The zero-order valence-electron chi connectivity index (χ0n) is 12.4. The molecule has 1 amide bonds. The van der Waals surface area contributed by atoms with Gasteiger partial charge in [0.25, 0.3) is 5.91 Å². The van der Waals surface area contributed by atoms with Crippen LogP contribution in [-0.2, 0) is 10.2 Å². The number of aromatic nitrogens is 1. The van der Waals surface area contributed by atoms with Crippen molar-refractivity contribution in [1.82, 2.24) is 10.3 Å². The van der Waals surface area contributed by atoms with Crippen LogP contribution in [0.5, 0.6) is 0 Å². The van der Waals surface area contributed by atoms with Crippen molar-refractivity contribution >= 4 is 23.2 Å². The third-order valence-corrected chi connectivity index (χ3v) is 4.14. The van der Waals surface area contributed by atoms with Gasteiger partial charge >= 0.3 is 5.97 Å². The Morgan fingerprint density at radius 1 is 1.45 bits per heavy atom.